The average molecular weight is 901 g/mol. The highest BCUT2D eigenvalue weighted by Crippen LogP contribution is 2.37. The van der Waals surface area contributed by atoms with Crippen LogP contribution in [0.3, 0.4) is 0 Å². The Bertz CT molecular complexity index is 986. The molecule has 0 aliphatic carbocycles. The van der Waals surface area contributed by atoms with E-state index >= 15 is 0 Å². The molecule has 174 valence electrons. The summed E-state index contributed by atoms with van der Waals surface area (Å²) in [6.45, 7) is 1.48. The van der Waals surface area contributed by atoms with Crippen LogP contribution in [0.4, 0.5) is 13.2 Å². The molecule has 0 fully saturated rings. The fourth-order valence-corrected chi connectivity index (χ4v) is 6.29. The Morgan fingerprint density at radius 3 is 2.03 bits per heavy atom. The summed E-state index contributed by atoms with van der Waals surface area (Å²) >= 11 is 8.00. The summed E-state index contributed by atoms with van der Waals surface area (Å²) in [5.74, 6) is -1.99. The van der Waals surface area contributed by atoms with E-state index in [1.165, 1.54) is 6.92 Å². The van der Waals surface area contributed by atoms with Crippen LogP contribution in [-0.2, 0) is 20.7 Å². The monoisotopic (exact) mass is 901 g/mol. The molecular weight excluding hydrogens is 887 g/mol. The van der Waals surface area contributed by atoms with Crippen molar-refractivity contribution in [1.82, 2.24) is 5.32 Å². The zero-order chi connectivity index (χ0) is 24.2. The van der Waals surface area contributed by atoms with E-state index in [0.717, 1.165) is 0 Å². The minimum atomic E-state index is -5.12. The first-order chi connectivity index (χ1) is 14.8. The van der Waals surface area contributed by atoms with Crippen molar-refractivity contribution in [2.45, 2.75) is 25.6 Å². The molecule has 0 saturated carbocycles. The largest absolute Gasteiger partial charge is 0.506 e. The number of phenols is 1. The molecule has 6 nitrogen and oxygen atoms in total. The van der Waals surface area contributed by atoms with Gasteiger partial charge in [-0.2, -0.15) is 13.2 Å². The first-order valence-corrected chi connectivity index (χ1v) is 13.0. The molecule has 1 amide bonds. The molecule has 2 N–H and O–H groups in total. The number of carbonyl (C=O) groups excluding carboxylic acids is 2. The van der Waals surface area contributed by atoms with Gasteiger partial charge in [0.05, 0.1) is 20.9 Å². The molecule has 0 heterocycles. The number of halogens is 7. The number of ether oxygens (including phenoxy) is 2. The van der Waals surface area contributed by atoms with Gasteiger partial charge in [0.2, 0.25) is 0 Å². The van der Waals surface area contributed by atoms with Crippen molar-refractivity contribution >= 4 is 102 Å². The summed E-state index contributed by atoms with van der Waals surface area (Å²) in [5, 5.41) is 11.6. The summed E-state index contributed by atoms with van der Waals surface area (Å²) in [5.41, 5.74) is 0.515. The smallest absolute Gasteiger partial charge is 0.471 e. The molecule has 2 aromatic carbocycles. The van der Waals surface area contributed by atoms with E-state index in [9.17, 15) is 27.9 Å². The standard InChI is InChI=1S/C19H14F3I4NO5/c1-2-31-17(29)14(27-18(30)19(20,21)22)5-8-3-12(25)16(13(26)4-8)32-9-6-10(23)15(28)11(24)7-9/h3-4,6-7,14,28H,2,5H2,1H3,(H,27,30)/t14-/m0/s1. The van der Waals surface area contributed by atoms with Crippen molar-refractivity contribution in [3.63, 3.8) is 0 Å². The second-order valence-electron chi connectivity index (χ2n) is 6.21. The predicted molar refractivity (Wildman–Crippen MR) is 144 cm³/mol. The number of rotatable bonds is 7. The Labute approximate surface area is 235 Å². The number of alkyl halides is 3. The molecule has 2 rings (SSSR count). The lowest BCUT2D eigenvalue weighted by Gasteiger charge is -2.19. The number of phenolic OH excluding ortho intramolecular Hbond substituents is 1. The topological polar surface area (TPSA) is 84.9 Å². The molecule has 13 heteroatoms. The van der Waals surface area contributed by atoms with Gasteiger partial charge in [-0.25, -0.2) is 4.79 Å². The Kier molecular flexibility index (Phi) is 10.4. The van der Waals surface area contributed by atoms with E-state index in [1.54, 1.807) is 29.6 Å². The zero-order valence-corrected chi connectivity index (χ0v) is 24.7. The van der Waals surface area contributed by atoms with Crippen LogP contribution in [0.25, 0.3) is 0 Å². The summed E-state index contributed by atoms with van der Waals surface area (Å²) in [7, 11) is 0. The van der Waals surface area contributed by atoms with Gasteiger partial charge in [0.1, 0.15) is 17.5 Å². The molecule has 0 aromatic heterocycles. The Hall–Kier alpha value is -0.310. The third-order valence-corrected chi connectivity index (χ3v) is 7.09. The van der Waals surface area contributed by atoms with Gasteiger partial charge in [-0.05, 0) is 127 Å². The third kappa shape index (κ3) is 7.60. The van der Waals surface area contributed by atoms with Crippen molar-refractivity contribution in [2.75, 3.05) is 6.61 Å². The minimum absolute atomic E-state index is 0.0384. The van der Waals surface area contributed by atoms with Crippen LogP contribution in [0.15, 0.2) is 24.3 Å². The van der Waals surface area contributed by atoms with E-state index in [4.69, 9.17) is 9.47 Å². The van der Waals surface area contributed by atoms with E-state index in [-0.39, 0.29) is 18.8 Å². The molecule has 0 radical (unpaired) electrons. The quantitative estimate of drug-likeness (QED) is 0.273. The average Bonchev–Trinajstić information content (AvgIpc) is 2.67. The van der Waals surface area contributed by atoms with Crippen molar-refractivity contribution < 1.29 is 37.3 Å². The fourth-order valence-electron chi connectivity index (χ4n) is 2.46. The van der Waals surface area contributed by atoms with E-state index < -0.39 is 24.1 Å². The number of carbonyl (C=O) groups is 2. The zero-order valence-electron chi connectivity index (χ0n) is 16.0. The molecule has 0 aliphatic rings. The molecule has 0 unspecified atom stereocenters. The Morgan fingerprint density at radius 2 is 1.56 bits per heavy atom. The number of hydrogen-bond donors (Lipinski definition) is 2. The molecule has 0 bridgehead atoms. The van der Waals surface area contributed by atoms with E-state index in [0.29, 0.717) is 31.3 Å². The fraction of sp³-hybridized carbons (Fsp3) is 0.263. The molecule has 0 aliphatic heterocycles. The van der Waals surface area contributed by atoms with Gasteiger partial charge in [0.15, 0.2) is 5.75 Å². The van der Waals surface area contributed by atoms with Crippen LogP contribution in [-0.4, -0.2) is 35.8 Å². The number of esters is 1. The van der Waals surface area contributed by atoms with Crippen LogP contribution in [0.1, 0.15) is 12.5 Å². The van der Waals surface area contributed by atoms with Gasteiger partial charge >= 0.3 is 18.1 Å². The van der Waals surface area contributed by atoms with Crippen LogP contribution in [0, 0.1) is 14.3 Å². The van der Waals surface area contributed by atoms with Gasteiger partial charge < -0.3 is 19.9 Å². The summed E-state index contributed by atoms with van der Waals surface area (Å²) in [6, 6.07) is 5.15. The second kappa shape index (κ2) is 11.9. The first-order valence-electron chi connectivity index (χ1n) is 8.71. The predicted octanol–water partition coefficient (Wildman–Crippen LogP) is 5.76. The SMILES string of the molecule is CCOC(=O)[C@H](Cc1cc(I)c(Oc2cc(I)c(O)c(I)c2)c(I)c1)NC(=O)C(F)(F)F. The van der Waals surface area contributed by atoms with Gasteiger partial charge in [-0.15, -0.1) is 0 Å². The lowest BCUT2D eigenvalue weighted by molar-refractivity contribution is -0.175. The summed E-state index contributed by atoms with van der Waals surface area (Å²) in [4.78, 5) is 23.5. The maximum Gasteiger partial charge on any atom is 0.471 e. The molecule has 2 aromatic rings. The molecule has 0 spiro atoms. The number of nitrogens with one attached hydrogen (secondary N) is 1. The second-order valence-corrected chi connectivity index (χ2v) is 10.9. The highest BCUT2D eigenvalue weighted by atomic mass is 127. The van der Waals surface area contributed by atoms with Gasteiger partial charge in [0.25, 0.3) is 0 Å². The van der Waals surface area contributed by atoms with Crippen LogP contribution >= 0.6 is 90.4 Å². The van der Waals surface area contributed by atoms with Crippen LogP contribution < -0.4 is 10.1 Å². The Morgan fingerprint density at radius 1 is 1.03 bits per heavy atom. The van der Waals surface area contributed by atoms with Crippen LogP contribution in [0.5, 0.6) is 17.2 Å². The normalized spacial score (nSPS) is 12.2. The molecule has 0 saturated heterocycles. The number of aromatic hydroxyl groups is 1. The number of hydrogen-bond acceptors (Lipinski definition) is 5. The van der Waals surface area contributed by atoms with Gasteiger partial charge in [-0.3, -0.25) is 4.79 Å². The van der Waals surface area contributed by atoms with Crippen LogP contribution in [0.2, 0.25) is 0 Å². The highest BCUT2D eigenvalue weighted by molar-refractivity contribution is 14.1. The summed E-state index contributed by atoms with van der Waals surface area (Å²) < 4.78 is 51.3. The maximum absolute atomic E-state index is 12.7. The van der Waals surface area contributed by atoms with E-state index in [1.807, 2.05) is 90.4 Å². The van der Waals surface area contributed by atoms with Gasteiger partial charge in [-0.1, -0.05) is 0 Å². The highest BCUT2D eigenvalue weighted by Gasteiger charge is 2.41. The van der Waals surface area contributed by atoms with Gasteiger partial charge in [0, 0.05) is 6.42 Å². The van der Waals surface area contributed by atoms with Crippen molar-refractivity contribution in [2.24, 2.45) is 0 Å². The lowest BCUT2D eigenvalue weighted by Crippen LogP contribution is -2.48. The van der Waals surface area contributed by atoms with Crippen molar-refractivity contribution in [1.29, 1.82) is 0 Å². The lowest BCUT2D eigenvalue weighted by atomic mass is 10.1. The number of amides is 1. The van der Waals surface area contributed by atoms with Crippen molar-refractivity contribution in [3.05, 3.63) is 44.1 Å². The first kappa shape index (κ1) is 27.9. The summed E-state index contributed by atoms with van der Waals surface area (Å²) in [6.07, 6.45) is -5.31. The molecule has 32 heavy (non-hydrogen) atoms. The third-order valence-electron chi connectivity index (χ3n) is 3.84. The Balaban J connectivity index is 2.30. The minimum Gasteiger partial charge on any atom is -0.506 e. The maximum atomic E-state index is 12.7. The number of benzene rings is 2. The van der Waals surface area contributed by atoms with Crippen molar-refractivity contribution in [3.8, 4) is 17.2 Å². The van der Waals surface area contributed by atoms with E-state index in [2.05, 4.69) is 0 Å². The molecule has 1 atom stereocenters. The molecular formula is C19H14F3I4NO5.